The molecule has 74 heavy (non-hydrogen) atoms. The molecule has 13 nitrogen and oxygen atoms in total. The topological polar surface area (TPSA) is 122 Å². The SMILES string of the molecule is C.CC(C)(C)OC(=O)N1CCCNCC1.CN(C)c1ccccc1-c1ccccc1P(C1CCCCC1)C1CCCCC1.COc1cccnc1I.COc1cccnc1N1CCCN(C(=O)OC(C)(C)C)CC1. The average molecular weight is 1150 g/mol. The third-order valence-corrected chi connectivity index (χ3v) is 17.5. The van der Waals surface area contributed by atoms with Crippen LogP contribution in [0.2, 0.25) is 0 Å². The fraction of sp³-hybridized carbons (Fsp3) is 0.593. The first-order valence-corrected chi connectivity index (χ1v) is 29.2. The van der Waals surface area contributed by atoms with E-state index in [1.807, 2.05) is 65.8 Å². The Hall–Kier alpha value is -4.40. The van der Waals surface area contributed by atoms with Gasteiger partial charge in [-0.05, 0) is 162 Å². The maximum absolute atomic E-state index is 12.2. The van der Waals surface area contributed by atoms with Gasteiger partial charge in [0.05, 0.1) is 14.2 Å². The summed E-state index contributed by atoms with van der Waals surface area (Å²) >= 11 is 2.12. The van der Waals surface area contributed by atoms with Crippen molar-refractivity contribution in [2.75, 3.05) is 90.5 Å². The highest BCUT2D eigenvalue weighted by Crippen LogP contribution is 2.56. The van der Waals surface area contributed by atoms with Crippen molar-refractivity contribution >= 4 is 59.5 Å². The first kappa shape index (κ1) is 62.1. The summed E-state index contributed by atoms with van der Waals surface area (Å²) in [5, 5.41) is 4.95. The van der Waals surface area contributed by atoms with Gasteiger partial charge < -0.3 is 43.9 Å². The summed E-state index contributed by atoms with van der Waals surface area (Å²) < 4.78 is 22.0. The molecular formula is C59H91IN7O6P. The molecule has 8 rings (SSSR count). The average Bonchev–Trinajstić information content (AvgIpc) is 3.82. The Bertz CT molecular complexity index is 2240. The largest absolute Gasteiger partial charge is 0.494 e. The number of amides is 2. The van der Waals surface area contributed by atoms with Gasteiger partial charge in [0.25, 0.3) is 0 Å². The van der Waals surface area contributed by atoms with Crippen LogP contribution in [0.5, 0.6) is 11.5 Å². The fourth-order valence-electron chi connectivity index (χ4n) is 9.72. The van der Waals surface area contributed by atoms with Crippen LogP contribution in [0.15, 0.2) is 85.2 Å². The molecule has 2 aromatic carbocycles. The predicted molar refractivity (Wildman–Crippen MR) is 317 cm³/mol. The second-order valence-electron chi connectivity index (χ2n) is 21.3. The van der Waals surface area contributed by atoms with Crippen LogP contribution < -0.4 is 29.9 Å². The fourth-order valence-corrected chi connectivity index (χ4v) is 14.2. The van der Waals surface area contributed by atoms with E-state index in [1.54, 1.807) is 41.7 Å². The van der Waals surface area contributed by atoms with E-state index in [0.29, 0.717) is 19.6 Å². The zero-order valence-electron chi connectivity index (χ0n) is 45.8. The number of carbonyl (C=O) groups is 2. The summed E-state index contributed by atoms with van der Waals surface area (Å²) in [7, 11) is 7.54. The van der Waals surface area contributed by atoms with E-state index in [0.717, 1.165) is 77.9 Å². The number of benzene rings is 2. The van der Waals surface area contributed by atoms with Crippen LogP contribution >= 0.6 is 30.5 Å². The van der Waals surface area contributed by atoms with Crippen LogP contribution in [0, 0.1) is 3.70 Å². The molecule has 2 aliphatic carbocycles. The number of hydrogen-bond donors (Lipinski definition) is 1. The normalized spacial score (nSPS) is 16.7. The summed E-state index contributed by atoms with van der Waals surface area (Å²) in [6, 6.07) is 25.9. The Labute approximate surface area is 461 Å². The lowest BCUT2D eigenvalue weighted by Gasteiger charge is -2.39. The Morgan fingerprint density at radius 2 is 1.14 bits per heavy atom. The van der Waals surface area contributed by atoms with Gasteiger partial charge in [-0.1, -0.05) is 96.3 Å². The molecule has 2 saturated carbocycles. The quantitative estimate of drug-likeness (QED) is 0.103. The molecular weight excluding hydrogens is 1060 g/mol. The summed E-state index contributed by atoms with van der Waals surface area (Å²) in [6.45, 7) is 17.6. The van der Waals surface area contributed by atoms with E-state index in [-0.39, 0.29) is 27.5 Å². The van der Waals surface area contributed by atoms with E-state index in [1.165, 1.54) is 81.0 Å². The number of pyridine rings is 2. The highest BCUT2D eigenvalue weighted by molar-refractivity contribution is 14.1. The lowest BCUT2D eigenvalue weighted by Crippen LogP contribution is -2.39. The molecule has 2 aliphatic heterocycles. The third kappa shape index (κ3) is 20.3. The van der Waals surface area contributed by atoms with Gasteiger partial charge in [0, 0.05) is 83.6 Å². The number of aromatic nitrogens is 2. The van der Waals surface area contributed by atoms with Gasteiger partial charge >= 0.3 is 12.2 Å². The first-order chi connectivity index (χ1) is 35.0. The minimum Gasteiger partial charge on any atom is -0.494 e. The van der Waals surface area contributed by atoms with Crippen molar-refractivity contribution in [2.45, 2.75) is 149 Å². The summed E-state index contributed by atoms with van der Waals surface area (Å²) in [5.41, 5.74) is 5.30. The Morgan fingerprint density at radius 3 is 1.69 bits per heavy atom. The molecule has 1 N–H and O–H groups in total. The number of nitrogens with one attached hydrogen (secondary N) is 1. The van der Waals surface area contributed by atoms with Crippen LogP contribution in [0.1, 0.15) is 126 Å². The monoisotopic (exact) mass is 1150 g/mol. The van der Waals surface area contributed by atoms with Crippen molar-refractivity contribution in [3.05, 3.63) is 88.9 Å². The molecule has 0 radical (unpaired) electrons. The number of halogens is 1. The minimum absolute atomic E-state index is 0. The molecule has 2 amide bonds. The number of hydrogen-bond acceptors (Lipinski definition) is 11. The molecule has 0 bridgehead atoms. The van der Waals surface area contributed by atoms with Crippen LogP contribution in [-0.2, 0) is 9.47 Å². The molecule has 4 fully saturated rings. The van der Waals surface area contributed by atoms with Crippen molar-refractivity contribution in [1.82, 2.24) is 25.1 Å². The van der Waals surface area contributed by atoms with Crippen molar-refractivity contribution in [2.24, 2.45) is 0 Å². The molecule has 15 heteroatoms. The van der Waals surface area contributed by atoms with Gasteiger partial charge in [0.15, 0.2) is 17.3 Å². The van der Waals surface area contributed by atoms with E-state index in [9.17, 15) is 9.59 Å². The number of rotatable bonds is 8. The molecule has 4 heterocycles. The Kier molecular flexibility index (Phi) is 26.5. The van der Waals surface area contributed by atoms with Crippen LogP contribution in [0.25, 0.3) is 11.1 Å². The van der Waals surface area contributed by atoms with Crippen molar-refractivity contribution in [3.8, 4) is 22.6 Å². The lowest BCUT2D eigenvalue weighted by atomic mass is 9.99. The van der Waals surface area contributed by atoms with Gasteiger partial charge in [-0.3, -0.25) is 0 Å². The van der Waals surface area contributed by atoms with Gasteiger partial charge in [0.2, 0.25) is 0 Å². The van der Waals surface area contributed by atoms with Crippen molar-refractivity contribution < 1.29 is 28.5 Å². The van der Waals surface area contributed by atoms with Crippen LogP contribution in [0.3, 0.4) is 0 Å². The maximum atomic E-state index is 12.2. The maximum Gasteiger partial charge on any atom is 0.410 e. The number of methoxy groups -OCH3 is 2. The summed E-state index contributed by atoms with van der Waals surface area (Å²) in [4.78, 5) is 40.2. The van der Waals surface area contributed by atoms with Gasteiger partial charge in [0.1, 0.15) is 14.9 Å². The molecule has 4 aromatic rings. The molecule has 0 unspecified atom stereocenters. The summed E-state index contributed by atoms with van der Waals surface area (Å²) in [5.74, 6) is 2.42. The van der Waals surface area contributed by atoms with Gasteiger partial charge in [-0.25, -0.2) is 19.6 Å². The molecule has 0 spiro atoms. The van der Waals surface area contributed by atoms with E-state index >= 15 is 0 Å². The summed E-state index contributed by atoms with van der Waals surface area (Å²) in [6.07, 6.45) is 19.5. The number of anilines is 2. The number of para-hydroxylation sites is 1. The molecule has 2 aromatic heterocycles. The Morgan fingerprint density at radius 1 is 0.608 bits per heavy atom. The molecule has 2 saturated heterocycles. The molecule has 410 valence electrons. The number of carbonyl (C=O) groups excluding carboxylic acids is 2. The smallest absolute Gasteiger partial charge is 0.410 e. The number of nitrogens with zero attached hydrogens (tertiary/aromatic N) is 6. The zero-order valence-corrected chi connectivity index (χ0v) is 48.9. The second kappa shape index (κ2) is 31.6. The highest BCUT2D eigenvalue weighted by Gasteiger charge is 2.34. The third-order valence-electron chi connectivity index (χ3n) is 13.1. The predicted octanol–water partition coefficient (Wildman–Crippen LogP) is 13.3. The lowest BCUT2D eigenvalue weighted by molar-refractivity contribution is 0.0252. The number of ether oxygens (including phenoxy) is 4. The second-order valence-corrected chi connectivity index (χ2v) is 25.1. The van der Waals surface area contributed by atoms with Crippen LogP contribution in [0.4, 0.5) is 21.1 Å². The zero-order chi connectivity index (χ0) is 52.8. The van der Waals surface area contributed by atoms with Crippen molar-refractivity contribution in [3.63, 3.8) is 0 Å². The van der Waals surface area contributed by atoms with Gasteiger partial charge in [-0.2, -0.15) is 0 Å². The highest BCUT2D eigenvalue weighted by atomic mass is 127. The standard InChI is InChI=1S/C26H36NP.C16H25N3O3.C10H20N2O2.C6H6INO.CH4/c1-27(2)25-19-11-9-17-23(25)24-18-10-12-20-26(24)28(21-13-5-3-6-14-21)22-15-7-4-8-16-22;1-16(2,3)22-15(20)19-10-6-9-18(11-12-19)14-13(21-4)7-5-8-17-14;1-10(2,3)14-9(13)12-7-4-5-11-6-8-12;1-9-5-3-2-4-8-6(5)7;/h9-12,17-22H,3-8,13-16H2,1-2H3;5,7-8H,6,9-12H2,1-4H3;11H,4-8H2,1-3H3;2-4H,1H3;1H4. The minimum atomic E-state index is -0.465. The van der Waals surface area contributed by atoms with E-state index < -0.39 is 11.2 Å². The van der Waals surface area contributed by atoms with Crippen LogP contribution in [-0.4, -0.2) is 135 Å². The molecule has 0 atom stereocenters. The van der Waals surface area contributed by atoms with Crippen molar-refractivity contribution in [1.29, 1.82) is 0 Å². The van der Waals surface area contributed by atoms with Gasteiger partial charge in [-0.15, -0.1) is 0 Å². The first-order valence-electron chi connectivity index (χ1n) is 26.7. The molecule has 4 aliphatic rings. The Balaban J connectivity index is 0.000000229. The van der Waals surface area contributed by atoms with E-state index in [4.69, 9.17) is 18.9 Å². The van der Waals surface area contributed by atoms with E-state index in [2.05, 4.69) is 110 Å².